The summed E-state index contributed by atoms with van der Waals surface area (Å²) in [7, 11) is 0. The molecule has 30 heavy (non-hydrogen) atoms. The zero-order valence-electron chi connectivity index (χ0n) is 16.8. The number of carbonyl (C=O) groups is 1. The molecule has 3 aromatic rings. The summed E-state index contributed by atoms with van der Waals surface area (Å²) >= 11 is 0. The Hall–Kier alpha value is -3.47. The Kier molecular flexibility index (Phi) is 5.01. The second-order valence-corrected chi connectivity index (χ2v) is 7.63. The van der Waals surface area contributed by atoms with Crippen LogP contribution in [0.25, 0.3) is 11.3 Å². The standard InChI is InChI=1S/C25H23N3O2/c29-25-19-12-13-26-21(16-19)20-9-3-5-11-23(20)30-15-7-1-6-14-28-22-10-4-2-8-18(22)17-24(28)27-25/h2-5,8-13,16H,1,6-7,14-15,17H2. The van der Waals surface area contributed by atoms with Crippen LogP contribution in [0.15, 0.2) is 71.9 Å². The van der Waals surface area contributed by atoms with Crippen LogP contribution < -0.4 is 9.64 Å². The lowest BCUT2D eigenvalue weighted by molar-refractivity contribution is 0.100. The molecule has 5 nitrogen and oxygen atoms in total. The Balaban J connectivity index is 1.56. The third kappa shape index (κ3) is 3.59. The van der Waals surface area contributed by atoms with E-state index in [1.54, 1.807) is 18.3 Å². The summed E-state index contributed by atoms with van der Waals surface area (Å²) < 4.78 is 6.06. The number of aromatic nitrogens is 1. The third-order valence-electron chi connectivity index (χ3n) is 5.63. The number of amidine groups is 1. The molecular formula is C25H23N3O2. The van der Waals surface area contributed by atoms with Gasteiger partial charge in [0.25, 0.3) is 5.91 Å². The molecule has 1 amide bonds. The number of anilines is 1. The van der Waals surface area contributed by atoms with Gasteiger partial charge in [0.1, 0.15) is 11.6 Å². The average Bonchev–Trinajstić information content (AvgIpc) is 3.13. The van der Waals surface area contributed by atoms with Crippen LogP contribution in [0.5, 0.6) is 5.75 Å². The van der Waals surface area contributed by atoms with Gasteiger partial charge >= 0.3 is 0 Å². The predicted octanol–water partition coefficient (Wildman–Crippen LogP) is 4.91. The quantitative estimate of drug-likeness (QED) is 0.541. The first-order chi connectivity index (χ1) is 14.8. The normalized spacial score (nSPS) is 16.3. The van der Waals surface area contributed by atoms with Crippen molar-refractivity contribution in [2.24, 2.45) is 4.99 Å². The summed E-state index contributed by atoms with van der Waals surface area (Å²) in [5, 5.41) is 0. The van der Waals surface area contributed by atoms with E-state index in [1.165, 1.54) is 5.56 Å². The van der Waals surface area contributed by atoms with E-state index in [1.807, 2.05) is 36.4 Å². The summed E-state index contributed by atoms with van der Waals surface area (Å²) in [5.41, 5.74) is 4.53. The largest absolute Gasteiger partial charge is 0.493 e. The topological polar surface area (TPSA) is 54.8 Å². The third-order valence-corrected chi connectivity index (χ3v) is 5.63. The van der Waals surface area contributed by atoms with Crippen molar-refractivity contribution in [2.75, 3.05) is 18.1 Å². The zero-order valence-corrected chi connectivity index (χ0v) is 16.8. The van der Waals surface area contributed by atoms with Crippen LogP contribution in [0.1, 0.15) is 35.2 Å². The molecule has 0 N–H and O–H groups in total. The molecule has 2 aromatic carbocycles. The summed E-state index contributed by atoms with van der Waals surface area (Å²) in [6.07, 6.45) is 5.39. The number of hydrogen-bond acceptors (Lipinski definition) is 4. The van der Waals surface area contributed by atoms with Gasteiger partial charge in [-0.25, -0.2) is 0 Å². The molecule has 2 aliphatic rings. The molecule has 0 spiro atoms. The number of pyridine rings is 1. The van der Waals surface area contributed by atoms with Crippen LogP contribution in [0.3, 0.4) is 0 Å². The highest BCUT2D eigenvalue weighted by molar-refractivity contribution is 6.12. The van der Waals surface area contributed by atoms with E-state index in [4.69, 9.17) is 4.74 Å². The molecule has 5 rings (SSSR count). The fourth-order valence-electron chi connectivity index (χ4n) is 4.11. The average molecular weight is 397 g/mol. The summed E-state index contributed by atoms with van der Waals surface area (Å²) in [6.45, 7) is 1.51. The number of fused-ring (bicyclic) bond motifs is 7. The molecule has 0 radical (unpaired) electrons. The Bertz CT molecular complexity index is 1120. The lowest BCUT2D eigenvalue weighted by atomic mass is 10.1. The van der Waals surface area contributed by atoms with Crippen molar-refractivity contribution in [1.29, 1.82) is 0 Å². The summed E-state index contributed by atoms with van der Waals surface area (Å²) in [5.74, 6) is 1.39. The molecule has 0 atom stereocenters. The van der Waals surface area contributed by atoms with Crippen LogP contribution in [0.4, 0.5) is 5.69 Å². The molecule has 3 heterocycles. The van der Waals surface area contributed by atoms with Crippen LogP contribution in [0, 0.1) is 0 Å². The Morgan fingerprint density at radius 3 is 2.77 bits per heavy atom. The van der Waals surface area contributed by atoms with E-state index in [-0.39, 0.29) is 5.91 Å². The second kappa shape index (κ2) is 8.11. The minimum absolute atomic E-state index is 0.236. The second-order valence-electron chi connectivity index (χ2n) is 7.63. The van der Waals surface area contributed by atoms with E-state index in [2.05, 4.69) is 27.0 Å². The van der Waals surface area contributed by atoms with Gasteiger partial charge in [0.15, 0.2) is 0 Å². The molecule has 0 unspecified atom stereocenters. The highest BCUT2D eigenvalue weighted by Gasteiger charge is 2.26. The van der Waals surface area contributed by atoms with Crippen LogP contribution in [0.2, 0.25) is 0 Å². The first-order valence-corrected chi connectivity index (χ1v) is 10.5. The van der Waals surface area contributed by atoms with Gasteiger partial charge in [-0.2, -0.15) is 4.99 Å². The van der Waals surface area contributed by atoms with Gasteiger partial charge < -0.3 is 9.64 Å². The molecule has 5 heteroatoms. The maximum absolute atomic E-state index is 13.0. The SMILES string of the molecule is O=C1N=C2Cc3ccccc3N2CCCCCOc2ccccc2-c2cc1ccn2. The highest BCUT2D eigenvalue weighted by Crippen LogP contribution is 2.31. The van der Waals surface area contributed by atoms with E-state index >= 15 is 0 Å². The van der Waals surface area contributed by atoms with E-state index in [0.29, 0.717) is 18.6 Å². The van der Waals surface area contributed by atoms with Crippen molar-refractivity contribution in [3.05, 3.63) is 78.0 Å². The predicted molar refractivity (Wildman–Crippen MR) is 118 cm³/mol. The van der Waals surface area contributed by atoms with E-state index in [9.17, 15) is 4.79 Å². The first-order valence-electron chi connectivity index (χ1n) is 10.5. The van der Waals surface area contributed by atoms with E-state index in [0.717, 1.165) is 54.3 Å². The number of rotatable bonds is 0. The Labute approximate surface area is 176 Å². The lowest BCUT2D eigenvalue weighted by Crippen LogP contribution is -2.29. The van der Waals surface area contributed by atoms with Crippen LogP contribution in [-0.4, -0.2) is 29.9 Å². The van der Waals surface area contributed by atoms with Gasteiger partial charge in [0.05, 0.1) is 12.3 Å². The first kappa shape index (κ1) is 18.6. The fraction of sp³-hybridized carbons (Fsp3) is 0.240. The van der Waals surface area contributed by atoms with Gasteiger partial charge in [-0.3, -0.25) is 9.78 Å². The number of para-hydroxylation sites is 2. The highest BCUT2D eigenvalue weighted by atomic mass is 16.5. The number of hydrogen-bond donors (Lipinski definition) is 0. The molecule has 0 saturated heterocycles. The molecule has 2 aliphatic heterocycles. The van der Waals surface area contributed by atoms with Gasteiger partial charge in [-0.1, -0.05) is 30.3 Å². The number of carbonyl (C=O) groups excluding carboxylic acids is 1. The monoisotopic (exact) mass is 397 g/mol. The van der Waals surface area contributed by atoms with Crippen molar-refractivity contribution in [1.82, 2.24) is 4.98 Å². The maximum atomic E-state index is 13.0. The molecule has 150 valence electrons. The van der Waals surface area contributed by atoms with Gasteiger partial charge in [-0.05, 0) is 55.2 Å². The summed E-state index contributed by atoms with van der Waals surface area (Å²) in [6, 6.07) is 19.7. The number of amides is 1. The number of ether oxygens (including phenoxy) is 1. The van der Waals surface area contributed by atoms with Gasteiger partial charge in [0, 0.05) is 36.0 Å². The number of nitrogens with zero attached hydrogens (tertiary/aromatic N) is 3. The van der Waals surface area contributed by atoms with Crippen molar-refractivity contribution < 1.29 is 9.53 Å². The Morgan fingerprint density at radius 2 is 1.80 bits per heavy atom. The van der Waals surface area contributed by atoms with Crippen LogP contribution in [-0.2, 0) is 6.42 Å². The molecule has 1 aromatic heterocycles. The maximum Gasteiger partial charge on any atom is 0.278 e. The van der Waals surface area contributed by atoms with Crippen molar-refractivity contribution in [3.8, 4) is 17.0 Å². The smallest absolute Gasteiger partial charge is 0.278 e. The molecule has 0 fully saturated rings. The van der Waals surface area contributed by atoms with Crippen molar-refractivity contribution in [3.63, 3.8) is 0 Å². The van der Waals surface area contributed by atoms with Crippen molar-refractivity contribution >= 4 is 17.4 Å². The van der Waals surface area contributed by atoms with Crippen LogP contribution >= 0.6 is 0 Å². The molecular weight excluding hydrogens is 374 g/mol. The van der Waals surface area contributed by atoms with Gasteiger partial charge in [0.2, 0.25) is 0 Å². The zero-order chi connectivity index (χ0) is 20.3. The lowest BCUT2D eigenvalue weighted by Gasteiger charge is -2.20. The summed E-state index contributed by atoms with van der Waals surface area (Å²) in [4.78, 5) is 24.3. The molecule has 0 saturated carbocycles. The van der Waals surface area contributed by atoms with E-state index < -0.39 is 0 Å². The molecule has 2 bridgehead atoms. The minimum Gasteiger partial charge on any atom is -0.493 e. The molecule has 0 aliphatic carbocycles. The number of benzene rings is 2. The van der Waals surface area contributed by atoms with Gasteiger partial charge in [-0.15, -0.1) is 0 Å². The number of aliphatic imine (C=N–C) groups is 1. The fourth-order valence-corrected chi connectivity index (χ4v) is 4.11. The minimum atomic E-state index is -0.236. The Morgan fingerprint density at radius 1 is 0.933 bits per heavy atom. The van der Waals surface area contributed by atoms with Crippen molar-refractivity contribution in [2.45, 2.75) is 25.7 Å².